The lowest BCUT2D eigenvalue weighted by molar-refractivity contribution is 0.606. The number of aryl methyl sites for hydroxylation is 3. The molecule has 0 aliphatic heterocycles. The Labute approximate surface area is 100 Å². The molecule has 5 nitrogen and oxygen atoms in total. The number of sulfonamides is 1. The second-order valence-electron chi connectivity index (χ2n) is 4.27. The second kappa shape index (κ2) is 3.73. The van der Waals surface area contributed by atoms with Crippen LogP contribution in [0.2, 0.25) is 0 Å². The Kier molecular flexibility index (Phi) is 2.61. The van der Waals surface area contributed by atoms with Crippen LogP contribution in [0.4, 0.5) is 5.82 Å². The van der Waals surface area contributed by atoms with Gasteiger partial charge in [-0.2, -0.15) is 5.10 Å². The maximum Gasteiger partial charge on any atom is 0.231 e. The van der Waals surface area contributed by atoms with Crippen molar-refractivity contribution in [2.75, 3.05) is 11.0 Å². The van der Waals surface area contributed by atoms with Crippen LogP contribution in [-0.2, 0) is 17.1 Å². The first-order valence-corrected chi connectivity index (χ1v) is 7.09. The molecule has 0 amide bonds. The fourth-order valence-corrected chi connectivity index (χ4v) is 2.50. The quantitative estimate of drug-likeness (QED) is 0.883. The number of nitrogens with one attached hydrogen (secondary N) is 1. The summed E-state index contributed by atoms with van der Waals surface area (Å²) >= 11 is 0. The Balaban J connectivity index is 2.79. The van der Waals surface area contributed by atoms with Crippen molar-refractivity contribution >= 4 is 26.7 Å². The van der Waals surface area contributed by atoms with E-state index in [1.165, 1.54) is 0 Å². The highest BCUT2D eigenvalue weighted by molar-refractivity contribution is 7.92. The third-order valence-corrected chi connectivity index (χ3v) is 3.24. The Morgan fingerprint density at radius 2 is 1.82 bits per heavy atom. The van der Waals surface area contributed by atoms with Crippen LogP contribution in [0.1, 0.15) is 11.1 Å². The molecule has 1 aromatic carbocycles. The third-order valence-electron chi connectivity index (χ3n) is 2.68. The van der Waals surface area contributed by atoms with Gasteiger partial charge < -0.3 is 0 Å². The Morgan fingerprint density at radius 3 is 2.41 bits per heavy atom. The lowest BCUT2D eigenvalue weighted by atomic mass is 10.1. The van der Waals surface area contributed by atoms with Crippen molar-refractivity contribution in [3.05, 3.63) is 23.3 Å². The van der Waals surface area contributed by atoms with Gasteiger partial charge in [0.05, 0.1) is 11.8 Å². The molecule has 2 rings (SSSR count). The second-order valence-corrected chi connectivity index (χ2v) is 6.02. The number of fused-ring (bicyclic) bond motifs is 1. The monoisotopic (exact) mass is 253 g/mol. The first-order chi connectivity index (χ1) is 7.79. The van der Waals surface area contributed by atoms with E-state index in [0.29, 0.717) is 5.82 Å². The van der Waals surface area contributed by atoms with E-state index in [4.69, 9.17) is 0 Å². The molecule has 0 spiro atoms. The summed E-state index contributed by atoms with van der Waals surface area (Å²) in [5, 5.41) is 5.08. The molecule has 0 saturated carbocycles. The first kappa shape index (κ1) is 11.9. The molecule has 0 saturated heterocycles. The summed E-state index contributed by atoms with van der Waals surface area (Å²) in [7, 11) is -1.50. The maximum atomic E-state index is 11.3. The third kappa shape index (κ3) is 2.12. The number of benzene rings is 1. The summed E-state index contributed by atoms with van der Waals surface area (Å²) in [6.45, 7) is 3.92. The molecular weight excluding hydrogens is 238 g/mol. The zero-order chi connectivity index (χ0) is 12.8. The highest BCUT2D eigenvalue weighted by Crippen LogP contribution is 2.28. The lowest BCUT2D eigenvalue weighted by Crippen LogP contribution is -2.10. The van der Waals surface area contributed by atoms with E-state index in [1.54, 1.807) is 4.68 Å². The fourth-order valence-electron chi connectivity index (χ4n) is 2.01. The highest BCUT2D eigenvalue weighted by atomic mass is 32.2. The molecule has 0 aliphatic rings. The molecule has 1 N–H and O–H groups in total. The largest absolute Gasteiger partial charge is 0.266 e. The smallest absolute Gasteiger partial charge is 0.231 e. The summed E-state index contributed by atoms with van der Waals surface area (Å²) in [5.74, 6) is 0.395. The van der Waals surface area contributed by atoms with Crippen molar-refractivity contribution in [2.45, 2.75) is 13.8 Å². The maximum absolute atomic E-state index is 11.3. The van der Waals surface area contributed by atoms with Gasteiger partial charge in [-0.25, -0.2) is 8.42 Å². The van der Waals surface area contributed by atoms with E-state index in [1.807, 2.05) is 33.0 Å². The summed E-state index contributed by atoms with van der Waals surface area (Å²) in [6, 6.07) is 3.97. The predicted molar refractivity (Wildman–Crippen MR) is 68.7 cm³/mol. The van der Waals surface area contributed by atoms with Crippen LogP contribution in [0.25, 0.3) is 10.9 Å². The zero-order valence-electron chi connectivity index (χ0n) is 10.3. The van der Waals surface area contributed by atoms with Gasteiger partial charge in [-0.1, -0.05) is 12.1 Å². The molecule has 0 atom stereocenters. The predicted octanol–water partition coefficient (Wildman–Crippen LogP) is 1.56. The van der Waals surface area contributed by atoms with Gasteiger partial charge in [0.15, 0.2) is 5.82 Å². The average molecular weight is 253 g/mol. The van der Waals surface area contributed by atoms with Gasteiger partial charge in [0, 0.05) is 12.4 Å². The van der Waals surface area contributed by atoms with Crippen LogP contribution in [0.5, 0.6) is 0 Å². The fraction of sp³-hybridized carbons (Fsp3) is 0.364. The van der Waals surface area contributed by atoms with Crippen molar-refractivity contribution in [1.29, 1.82) is 0 Å². The average Bonchev–Trinajstić information content (AvgIpc) is 2.48. The summed E-state index contributed by atoms with van der Waals surface area (Å²) in [5.41, 5.74) is 3.03. The minimum absolute atomic E-state index is 0.395. The van der Waals surface area contributed by atoms with Crippen molar-refractivity contribution < 1.29 is 8.42 Å². The molecule has 0 bridgehead atoms. The summed E-state index contributed by atoms with van der Waals surface area (Å²) < 4.78 is 26.7. The molecule has 17 heavy (non-hydrogen) atoms. The Morgan fingerprint density at radius 1 is 1.24 bits per heavy atom. The molecule has 1 heterocycles. The van der Waals surface area contributed by atoms with E-state index >= 15 is 0 Å². The lowest BCUT2D eigenvalue weighted by Gasteiger charge is -2.03. The minimum Gasteiger partial charge on any atom is -0.266 e. The normalized spacial score (nSPS) is 12.0. The molecule has 0 unspecified atom stereocenters. The van der Waals surface area contributed by atoms with Crippen molar-refractivity contribution in [3.63, 3.8) is 0 Å². The van der Waals surface area contributed by atoms with Crippen molar-refractivity contribution in [2.24, 2.45) is 7.05 Å². The van der Waals surface area contributed by atoms with Gasteiger partial charge in [0.25, 0.3) is 0 Å². The van der Waals surface area contributed by atoms with Gasteiger partial charge >= 0.3 is 0 Å². The van der Waals surface area contributed by atoms with Crippen LogP contribution in [0, 0.1) is 13.8 Å². The highest BCUT2D eigenvalue weighted by Gasteiger charge is 2.15. The van der Waals surface area contributed by atoms with E-state index < -0.39 is 10.0 Å². The molecule has 1 aromatic heterocycles. The first-order valence-electron chi connectivity index (χ1n) is 5.20. The summed E-state index contributed by atoms with van der Waals surface area (Å²) in [6.07, 6.45) is 1.12. The van der Waals surface area contributed by atoms with Crippen molar-refractivity contribution in [3.8, 4) is 0 Å². The topological polar surface area (TPSA) is 64.0 Å². The van der Waals surface area contributed by atoms with E-state index in [2.05, 4.69) is 9.82 Å². The van der Waals surface area contributed by atoms with Crippen LogP contribution in [0.15, 0.2) is 12.1 Å². The number of rotatable bonds is 2. The van der Waals surface area contributed by atoms with E-state index in [0.717, 1.165) is 28.3 Å². The van der Waals surface area contributed by atoms with Gasteiger partial charge in [0.1, 0.15) is 0 Å². The number of nitrogens with zero attached hydrogens (tertiary/aromatic N) is 2. The van der Waals surface area contributed by atoms with Crippen LogP contribution >= 0.6 is 0 Å². The standard InChI is InChI=1S/C11H15N3O2S/c1-7-5-6-8(2)10-9(7)11(12-14(10)3)13-17(4,15)16/h5-6H,1-4H3,(H,12,13). The molecule has 0 fully saturated rings. The van der Waals surface area contributed by atoms with Crippen molar-refractivity contribution in [1.82, 2.24) is 9.78 Å². The number of anilines is 1. The Bertz CT molecular complexity index is 686. The molecule has 2 aromatic rings. The minimum atomic E-state index is -3.31. The molecule has 92 valence electrons. The Hall–Kier alpha value is -1.56. The molecule has 0 aliphatic carbocycles. The molecule has 0 radical (unpaired) electrons. The van der Waals surface area contributed by atoms with E-state index in [9.17, 15) is 8.42 Å². The zero-order valence-corrected chi connectivity index (χ0v) is 11.1. The number of hydrogen-bond donors (Lipinski definition) is 1. The molecular formula is C11H15N3O2S. The SMILES string of the molecule is Cc1ccc(C)c2c1c(NS(C)(=O)=O)nn2C. The van der Waals surface area contributed by atoms with Crippen LogP contribution in [0.3, 0.4) is 0 Å². The number of hydrogen-bond acceptors (Lipinski definition) is 3. The van der Waals surface area contributed by atoms with Gasteiger partial charge in [-0.15, -0.1) is 0 Å². The van der Waals surface area contributed by atoms with Gasteiger partial charge in [-0.3, -0.25) is 9.40 Å². The summed E-state index contributed by atoms with van der Waals surface area (Å²) in [4.78, 5) is 0. The number of aromatic nitrogens is 2. The van der Waals surface area contributed by atoms with Crippen LogP contribution in [-0.4, -0.2) is 24.5 Å². The van der Waals surface area contributed by atoms with Gasteiger partial charge in [-0.05, 0) is 25.0 Å². The van der Waals surface area contributed by atoms with Crippen LogP contribution < -0.4 is 4.72 Å². The van der Waals surface area contributed by atoms with E-state index in [-0.39, 0.29) is 0 Å². The molecule has 6 heteroatoms. The van der Waals surface area contributed by atoms with Gasteiger partial charge in [0.2, 0.25) is 10.0 Å².